The van der Waals surface area contributed by atoms with E-state index in [0.717, 1.165) is 38.3 Å². The lowest BCUT2D eigenvalue weighted by molar-refractivity contribution is -0.127. The van der Waals surface area contributed by atoms with Crippen LogP contribution in [0.5, 0.6) is 0 Å². The first-order chi connectivity index (χ1) is 10.0. The van der Waals surface area contributed by atoms with Crippen LogP contribution in [0.2, 0.25) is 0 Å². The number of rotatable bonds is 4. The highest BCUT2D eigenvalue weighted by atomic mass is 16.2. The highest BCUT2D eigenvalue weighted by molar-refractivity contribution is 5.92. The van der Waals surface area contributed by atoms with Gasteiger partial charge in [-0.05, 0) is 29.7 Å². The van der Waals surface area contributed by atoms with Crippen LogP contribution in [0, 0.1) is 5.92 Å². The summed E-state index contributed by atoms with van der Waals surface area (Å²) >= 11 is 0. The number of nitrogens with two attached hydrogens (primary N) is 1. The standard InChI is InChI=1S/C17H25N3O/c1-14(2)13-19-8-10-20(11-9-19)17(21)7-6-15-4-3-5-16(18)12-15/h3-7,12,14H,8-11,13,18H2,1-2H3/b7-6+. The summed E-state index contributed by atoms with van der Waals surface area (Å²) in [6.07, 6.45) is 3.48. The number of carbonyl (C=O) groups is 1. The first-order valence-corrected chi connectivity index (χ1v) is 7.59. The van der Waals surface area contributed by atoms with Gasteiger partial charge >= 0.3 is 0 Å². The van der Waals surface area contributed by atoms with E-state index in [1.807, 2.05) is 35.2 Å². The molecule has 1 fully saturated rings. The number of hydrogen-bond donors (Lipinski definition) is 1. The van der Waals surface area contributed by atoms with Crippen molar-refractivity contribution in [3.05, 3.63) is 35.9 Å². The molecule has 0 radical (unpaired) electrons. The van der Waals surface area contributed by atoms with Gasteiger partial charge in [0.05, 0.1) is 0 Å². The Bertz CT molecular complexity index is 503. The van der Waals surface area contributed by atoms with Crippen LogP contribution in [-0.4, -0.2) is 48.4 Å². The molecule has 1 aliphatic rings. The van der Waals surface area contributed by atoms with Crippen molar-refractivity contribution in [2.24, 2.45) is 5.92 Å². The van der Waals surface area contributed by atoms with Crippen LogP contribution >= 0.6 is 0 Å². The second-order valence-electron chi connectivity index (χ2n) is 6.02. The van der Waals surface area contributed by atoms with Gasteiger partial charge in [-0.25, -0.2) is 0 Å². The molecule has 1 heterocycles. The maximum absolute atomic E-state index is 12.2. The van der Waals surface area contributed by atoms with Crippen molar-refractivity contribution in [1.29, 1.82) is 0 Å². The van der Waals surface area contributed by atoms with Crippen LogP contribution in [-0.2, 0) is 4.79 Å². The predicted octanol–water partition coefficient (Wildman–Crippen LogP) is 2.08. The summed E-state index contributed by atoms with van der Waals surface area (Å²) in [6, 6.07) is 7.54. The maximum atomic E-state index is 12.2. The monoisotopic (exact) mass is 287 g/mol. The van der Waals surface area contributed by atoms with E-state index < -0.39 is 0 Å². The number of piperazine rings is 1. The molecule has 4 heteroatoms. The van der Waals surface area contributed by atoms with Gasteiger partial charge in [-0.2, -0.15) is 0 Å². The molecular weight excluding hydrogens is 262 g/mol. The van der Waals surface area contributed by atoms with E-state index in [1.54, 1.807) is 6.08 Å². The predicted molar refractivity (Wildman–Crippen MR) is 87.7 cm³/mol. The molecule has 0 aliphatic carbocycles. The topological polar surface area (TPSA) is 49.6 Å². The molecule has 2 rings (SSSR count). The van der Waals surface area contributed by atoms with Crippen LogP contribution in [0.3, 0.4) is 0 Å². The summed E-state index contributed by atoms with van der Waals surface area (Å²) in [7, 11) is 0. The Balaban J connectivity index is 1.85. The molecule has 0 bridgehead atoms. The second kappa shape index (κ2) is 7.27. The number of carbonyl (C=O) groups excluding carboxylic acids is 1. The van der Waals surface area contributed by atoms with Gasteiger partial charge in [0.25, 0.3) is 0 Å². The number of hydrogen-bond acceptors (Lipinski definition) is 3. The van der Waals surface area contributed by atoms with Gasteiger partial charge in [-0.3, -0.25) is 9.69 Å². The lowest BCUT2D eigenvalue weighted by Crippen LogP contribution is -2.49. The molecule has 0 aromatic heterocycles. The van der Waals surface area contributed by atoms with Gasteiger partial charge in [0.15, 0.2) is 0 Å². The minimum Gasteiger partial charge on any atom is -0.399 e. The first kappa shape index (κ1) is 15.6. The number of nitrogens with zero attached hydrogens (tertiary/aromatic N) is 2. The maximum Gasteiger partial charge on any atom is 0.246 e. The van der Waals surface area contributed by atoms with Crippen molar-refractivity contribution in [2.75, 3.05) is 38.5 Å². The minimum atomic E-state index is 0.0848. The first-order valence-electron chi connectivity index (χ1n) is 7.59. The van der Waals surface area contributed by atoms with Crippen LogP contribution < -0.4 is 5.73 Å². The number of nitrogen functional groups attached to an aromatic ring is 1. The van der Waals surface area contributed by atoms with Gasteiger partial charge in [0.1, 0.15) is 0 Å². The van der Waals surface area contributed by atoms with Gasteiger partial charge in [0, 0.05) is 44.5 Å². The highest BCUT2D eigenvalue weighted by Gasteiger charge is 2.19. The number of amides is 1. The van der Waals surface area contributed by atoms with Gasteiger partial charge in [-0.15, -0.1) is 0 Å². The normalized spacial score (nSPS) is 16.8. The Morgan fingerprint density at radius 1 is 1.29 bits per heavy atom. The van der Waals surface area contributed by atoms with E-state index in [0.29, 0.717) is 11.6 Å². The molecule has 1 aromatic rings. The number of benzene rings is 1. The molecule has 114 valence electrons. The quantitative estimate of drug-likeness (QED) is 0.681. The Hall–Kier alpha value is -1.81. The molecule has 1 saturated heterocycles. The summed E-state index contributed by atoms with van der Waals surface area (Å²) in [6.45, 7) is 9.13. The van der Waals surface area contributed by atoms with Gasteiger partial charge < -0.3 is 10.6 Å². The summed E-state index contributed by atoms with van der Waals surface area (Å²) in [4.78, 5) is 16.5. The third-order valence-corrected chi connectivity index (χ3v) is 3.64. The molecule has 0 spiro atoms. The van der Waals surface area contributed by atoms with E-state index in [1.165, 1.54) is 0 Å². The van der Waals surface area contributed by atoms with Crippen LogP contribution in [0.15, 0.2) is 30.3 Å². The Morgan fingerprint density at radius 3 is 2.62 bits per heavy atom. The lowest BCUT2D eigenvalue weighted by Gasteiger charge is -2.35. The second-order valence-corrected chi connectivity index (χ2v) is 6.02. The average Bonchev–Trinajstić information content (AvgIpc) is 2.45. The lowest BCUT2D eigenvalue weighted by atomic mass is 10.1. The van der Waals surface area contributed by atoms with Crippen LogP contribution in [0.25, 0.3) is 6.08 Å². The molecule has 1 aliphatic heterocycles. The molecule has 2 N–H and O–H groups in total. The zero-order valence-electron chi connectivity index (χ0n) is 13.0. The molecule has 0 saturated carbocycles. The van der Waals surface area contributed by atoms with Crippen molar-refractivity contribution in [3.8, 4) is 0 Å². The third kappa shape index (κ3) is 4.90. The van der Waals surface area contributed by atoms with E-state index in [-0.39, 0.29) is 5.91 Å². The van der Waals surface area contributed by atoms with Crippen LogP contribution in [0.1, 0.15) is 19.4 Å². The molecule has 4 nitrogen and oxygen atoms in total. The largest absolute Gasteiger partial charge is 0.399 e. The summed E-state index contributed by atoms with van der Waals surface area (Å²) in [5.74, 6) is 0.761. The molecular formula is C17H25N3O. The Kier molecular flexibility index (Phi) is 5.39. The van der Waals surface area contributed by atoms with Crippen molar-refractivity contribution in [2.45, 2.75) is 13.8 Å². The van der Waals surface area contributed by atoms with E-state index >= 15 is 0 Å². The van der Waals surface area contributed by atoms with E-state index in [9.17, 15) is 4.79 Å². The Labute approximate surface area is 127 Å². The molecule has 1 aromatic carbocycles. The van der Waals surface area contributed by atoms with Crippen molar-refractivity contribution in [1.82, 2.24) is 9.80 Å². The van der Waals surface area contributed by atoms with Gasteiger partial charge in [-0.1, -0.05) is 26.0 Å². The summed E-state index contributed by atoms with van der Waals surface area (Å²) < 4.78 is 0. The van der Waals surface area contributed by atoms with Crippen molar-refractivity contribution >= 4 is 17.7 Å². The minimum absolute atomic E-state index is 0.0848. The fourth-order valence-electron chi connectivity index (χ4n) is 2.60. The fourth-order valence-corrected chi connectivity index (χ4v) is 2.60. The fraction of sp³-hybridized carbons (Fsp3) is 0.471. The third-order valence-electron chi connectivity index (χ3n) is 3.64. The molecule has 21 heavy (non-hydrogen) atoms. The zero-order valence-corrected chi connectivity index (χ0v) is 13.0. The molecule has 1 amide bonds. The van der Waals surface area contributed by atoms with E-state index in [4.69, 9.17) is 5.73 Å². The molecule has 0 atom stereocenters. The van der Waals surface area contributed by atoms with Crippen LogP contribution in [0.4, 0.5) is 5.69 Å². The van der Waals surface area contributed by atoms with E-state index in [2.05, 4.69) is 18.7 Å². The zero-order chi connectivity index (χ0) is 15.2. The summed E-state index contributed by atoms with van der Waals surface area (Å²) in [5, 5.41) is 0. The SMILES string of the molecule is CC(C)CN1CCN(C(=O)/C=C/c2cccc(N)c2)CC1. The van der Waals surface area contributed by atoms with Crippen molar-refractivity contribution in [3.63, 3.8) is 0 Å². The molecule has 0 unspecified atom stereocenters. The number of anilines is 1. The van der Waals surface area contributed by atoms with Crippen molar-refractivity contribution < 1.29 is 4.79 Å². The average molecular weight is 287 g/mol. The Morgan fingerprint density at radius 2 is 2.00 bits per heavy atom. The summed E-state index contributed by atoms with van der Waals surface area (Å²) in [5.41, 5.74) is 7.40. The highest BCUT2D eigenvalue weighted by Crippen LogP contribution is 2.10. The van der Waals surface area contributed by atoms with Gasteiger partial charge in [0.2, 0.25) is 5.91 Å². The smallest absolute Gasteiger partial charge is 0.246 e.